The van der Waals surface area contributed by atoms with E-state index in [1.165, 1.54) is 0 Å². The third-order valence-corrected chi connectivity index (χ3v) is 17.8. The Kier molecular flexibility index (Phi) is 10.3. The Morgan fingerprint density at radius 1 is 0.750 bits per heavy atom. The lowest BCUT2D eigenvalue weighted by molar-refractivity contribution is -0.226. The van der Waals surface area contributed by atoms with Gasteiger partial charge in [-0.3, -0.25) is 14.9 Å². The molecule has 2 aromatic heterocycles. The summed E-state index contributed by atoms with van der Waals surface area (Å²) in [5.41, 5.74) is 1.21. The van der Waals surface area contributed by atoms with Gasteiger partial charge in [0.25, 0.3) is 20.1 Å². The number of imide groups is 1. The average molecular weight is 886 g/mol. The number of nitrogens with zero attached hydrogens (tertiary/aromatic N) is 1. The maximum atomic E-state index is 15.8. The van der Waals surface area contributed by atoms with E-state index in [-0.39, 0.29) is 73.0 Å². The van der Waals surface area contributed by atoms with E-state index in [1.807, 2.05) is 66.7 Å². The molecular weight excluding hydrogens is 843 g/mol. The normalized spacial score (nSPS) is 19.3. The number of nitrogens with one attached hydrogen (secondary N) is 2. The van der Waals surface area contributed by atoms with Gasteiger partial charge >= 0.3 is 0 Å². The Morgan fingerprint density at radius 3 is 1.92 bits per heavy atom. The van der Waals surface area contributed by atoms with Crippen LogP contribution in [0.1, 0.15) is 59.7 Å². The number of carbonyl (C=O) groups excluding carboxylic acids is 2. The molecule has 0 bridgehead atoms. The molecule has 9 nitrogen and oxygen atoms in total. The number of fused-ring (bicyclic) bond motifs is 10. The quantitative estimate of drug-likeness (QED) is 0.0807. The summed E-state index contributed by atoms with van der Waals surface area (Å²) in [5.74, 6) is -6.27. The number of hydrogen-bond donors (Lipinski definition) is 2. The average Bonchev–Trinajstić information content (AvgIpc) is 3.91. The SMILES string of the molecule is CO[C@@H]1C[C@@H](CO[Si](c2ccccc2)(c2ccccc2)C(C)(C)C)O[C@@H](n2c3cc(F)c(F)cc3c3c4c(c5c6cc(F)c(F)cc6[nH]c5c32)C(=O)NC4=O)[C@@H]1OCc1ccccc1. The van der Waals surface area contributed by atoms with Gasteiger partial charge in [0, 0.05) is 52.7 Å². The highest BCUT2D eigenvalue weighted by Gasteiger charge is 2.52. The van der Waals surface area contributed by atoms with Crippen molar-refractivity contribution in [3.8, 4) is 0 Å². The molecule has 6 aromatic carbocycles. The van der Waals surface area contributed by atoms with Crippen LogP contribution in [0.15, 0.2) is 115 Å². The van der Waals surface area contributed by atoms with Gasteiger partial charge in [-0.05, 0) is 33.1 Å². The van der Waals surface area contributed by atoms with Crippen molar-refractivity contribution in [2.24, 2.45) is 0 Å². The van der Waals surface area contributed by atoms with Crippen LogP contribution in [0.4, 0.5) is 17.6 Å². The van der Waals surface area contributed by atoms with Gasteiger partial charge in [0.2, 0.25) is 0 Å². The summed E-state index contributed by atoms with van der Waals surface area (Å²) in [6.07, 6.45) is -3.18. The standard InChI is InChI=1S/C50H43F4N3O6Si/c1-50(2,3)64(29-16-10-6-11-17-29,30-18-12-7-13-19-30)62-26-28-20-39(60-4)46(61-25-27-14-8-5-9-15-27)49(63-28)57-38-24-36(54)34(52)22-32(38)41-43-42(47(58)56-48(43)59)40-31-21-33(51)35(53)23-37(31)55-44(40)45(41)57/h5-19,21-24,28,39,46,49,55H,20,25-26H2,1-4H3,(H,56,58,59)/t28-,39+,46+,49+/m0/s1. The zero-order chi connectivity index (χ0) is 44.7. The number of methoxy groups -OCH3 is 1. The molecule has 4 heterocycles. The number of ether oxygens (including phenoxy) is 3. The maximum Gasteiger partial charge on any atom is 0.261 e. The van der Waals surface area contributed by atoms with Gasteiger partial charge in [0.1, 0.15) is 6.10 Å². The third kappa shape index (κ3) is 6.57. The van der Waals surface area contributed by atoms with E-state index in [2.05, 4.69) is 55.3 Å². The molecule has 0 unspecified atom stereocenters. The van der Waals surface area contributed by atoms with E-state index >= 15 is 13.2 Å². The van der Waals surface area contributed by atoms with Gasteiger partial charge in [-0.1, -0.05) is 112 Å². The molecule has 1 saturated heterocycles. The van der Waals surface area contributed by atoms with Crippen LogP contribution in [-0.4, -0.2) is 61.7 Å². The van der Waals surface area contributed by atoms with E-state index < -0.39 is 67.9 Å². The van der Waals surface area contributed by atoms with Gasteiger partial charge < -0.3 is 28.2 Å². The van der Waals surface area contributed by atoms with E-state index in [0.717, 1.165) is 40.2 Å². The molecule has 2 amide bonds. The van der Waals surface area contributed by atoms with E-state index in [0.29, 0.717) is 6.42 Å². The molecule has 0 saturated carbocycles. The predicted molar refractivity (Wildman–Crippen MR) is 238 cm³/mol. The van der Waals surface area contributed by atoms with Gasteiger partial charge in [-0.2, -0.15) is 0 Å². The Morgan fingerprint density at radius 2 is 1.31 bits per heavy atom. The first kappa shape index (κ1) is 41.8. The molecule has 10 rings (SSSR count). The van der Waals surface area contributed by atoms with Crippen molar-refractivity contribution >= 4 is 74.1 Å². The molecule has 1 fully saturated rings. The molecule has 8 aromatic rings. The zero-order valence-electron chi connectivity index (χ0n) is 35.3. The minimum atomic E-state index is -3.11. The maximum absolute atomic E-state index is 15.8. The highest BCUT2D eigenvalue weighted by atomic mass is 28.4. The summed E-state index contributed by atoms with van der Waals surface area (Å²) < 4.78 is 90.5. The van der Waals surface area contributed by atoms with Gasteiger partial charge in [-0.15, -0.1) is 0 Å². The van der Waals surface area contributed by atoms with Crippen LogP contribution in [0.5, 0.6) is 0 Å². The van der Waals surface area contributed by atoms with Crippen molar-refractivity contribution < 1.29 is 45.8 Å². The lowest BCUT2D eigenvalue weighted by atomic mass is 9.96. The summed E-state index contributed by atoms with van der Waals surface area (Å²) in [4.78, 5) is 30.8. The second kappa shape index (κ2) is 15.8. The molecule has 326 valence electrons. The summed E-state index contributed by atoms with van der Waals surface area (Å²) in [7, 11) is -1.55. The van der Waals surface area contributed by atoms with Gasteiger partial charge in [0.15, 0.2) is 29.5 Å². The number of benzene rings is 6. The molecule has 64 heavy (non-hydrogen) atoms. The number of amides is 2. The minimum absolute atomic E-state index is 0.0851. The Bertz CT molecular complexity index is 3100. The molecule has 0 radical (unpaired) electrons. The molecular formula is C50H43F4N3O6Si. The number of halogens is 4. The number of hydrogen-bond acceptors (Lipinski definition) is 6. The van der Waals surface area contributed by atoms with E-state index in [9.17, 15) is 14.0 Å². The van der Waals surface area contributed by atoms with Crippen molar-refractivity contribution in [3.63, 3.8) is 0 Å². The fourth-order valence-corrected chi connectivity index (χ4v) is 14.6. The van der Waals surface area contributed by atoms with Crippen LogP contribution >= 0.6 is 0 Å². The number of H-pyrrole nitrogens is 1. The Labute approximate surface area is 366 Å². The van der Waals surface area contributed by atoms with E-state index in [1.54, 1.807) is 11.7 Å². The topological polar surface area (TPSA) is 104 Å². The van der Waals surface area contributed by atoms with Crippen LogP contribution < -0.4 is 15.7 Å². The van der Waals surface area contributed by atoms with Crippen LogP contribution in [0.3, 0.4) is 0 Å². The lowest BCUT2D eigenvalue weighted by Gasteiger charge is -2.46. The Balaban J connectivity index is 1.21. The molecule has 2 aliphatic heterocycles. The molecule has 0 aliphatic carbocycles. The number of aromatic nitrogens is 2. The first-order valence-corrected chi connectivity index (χ1v) is 22.9. The van der Waals surface area contributed by atoms with Gasteiger partial charge in [-0.25, -0.2) is 17.6 Å². The largest absolute Gasteiger partial charge is 0.405 e. The first-order chi connectivity index (χ1) is 30.8. The third-order valence-electron chi connectivity index (χ3n) is 12.8. The van der Waals surface area contributed by atoms with Crippen molar-refractivity contribution in [1.29, 1.82) is 0 Å². The molecule has 14 heteroatoms. The second-order valence-electron chi connectivity index (χ2n) is 17.5. The lowest BCUT2D eigenvalue weighted by Crippen LogP contribution is -2.67. The highest BCUT2D eigenvalue weighted by Crippen LogP contribution is 2.48. The fourth-order valence-electron chi connectivity index (χ4n) is 10.0. The van der Waals surface area contributed by atoms with Crippen LogP contribution in [0, 0.1) is 23.3 Å². The zero-order valence-corrected chi connectivity index (χ0v) is 36.3. The summed E-state index contributed by atoms with van der Waals surface area (Å²) in [6.45, 7) is 6.71. The predicted octanol–water partition coefficient (Wildman–Crippen LogP) is 9.33. The minimum Gasteiger partial charge on any atom is -0.405 e. The molecule has 2 aliphatic rings. The smallest absolute Gasteiger partial charge is 0.261 e. The van der Waals surface area contributed by atoms with Gasteiger partial charge in [0.05, 0.1) is 53.1 Å². The number of carbonyl (C=O) groups is 2. The number of aromatic amines is 1. The van der Waals surface area contributed by atoms with Crippen LogP contribution in [-0.2, 0) is 25.2 Å². The summed E-state index contributed by atoms with van der Waals surface area (Å²) in [5, 5.41) is 4.53. The van der Waals surface area contributed by atoms with Crippen molar-refractivity contribution in [1.82, 2.24) is 14.9 Å². The molecule has 0 spiro atoms. The van der Waals surface area contributed by atoms with Crippen LogP contribution in [0.25, 0.3) is 43.6 Å². The Hall–Kier alpha value is -6.16. The molecule has 2 N–H and O–H groups in total. The second-order valence-corrected chi connectivity index (χ2v) is 21.8. The number of rotatable bonds is 10. The monoisotopic (exact) mass is 885 g/mol. The summed E-state index contributed by atoms with van der Waals surface area (Å²) in [6, 6.07) is 33.7. The van der Waals surface area contributed by atoms with E-state index in [4.69, 9.17) is 18.6 Å². The summed E-state index contributed by atoms with van der Waals surface area (Å²) >= 11 is 0. The first-order valence-electron chi connectivity index (χ1n) is 21.0. The highest BCUT2D eigenvalue weighted by molar-refractivity contribution is 6.99. The van der Waals surface area contributed by atoms with Crippen molar-refractivity contribution in [2.75, 3.05) is 13.7 Å². The van der Waals surface area contributed by atoms with Crippen molar-refractivity contribution in [3.05, 3.63) is 155 Å². The fraction of sp³-hybridized carbons (Fsp3) is 0.240. The van der Waals surface area contributed by atoms with Crippen LogP contribution in [0.2, 0.25) is 5.04 Å². The molecule has 4 atom stereocenters. The van der Waals surface area contributed by atoms with Crippen molar-refractivity contribution in [2.45, 2.75) is 63.4 Å².